The van der Waals surface area contributed by atoms with Crippen molar-refractivity contribution in [2.75, 3.05) is 0 Å². The summed E-state index contributed by atoms with van der Waals surface area (Å²) in [5, 5.41) is 0. The number of halogens is 1. The predicted octanol–water partition coefficient (Wildman–Crippen LogP) is 3.61. The van der Waals surface area contributed by atoms with Gasteiger partial charge in [-0.3, -0.25) is 0 Å². The summed E-state index contributed by atoms with van der Waals surface area (Å²) < 4.78 is 5.53. The minimum atomic E-state index is -2.03. The van der Waals surface area contributed by atoms with Crippen LogP contribution in [0.5, 0.6) is 0 Å². The van der Waals surface area contributed by atoms with Crippen molar-refractivity contribution in [1.29, 1.82) is 0 Å². The molecule has 0 spiro atoms. The maximum absolute atomic E-state index is 6.03. The molecule has 0 aromatic heterocycles. The molecule has 1 aromatic carbocycles. The van der Waals surface area contributed by atoms with E-state index in [1.54, 1.807) is 0 Å². The van der Waals surface area contributed by atoms with Crippen LogP contribution in [0.1, 0.15) is 5.56 Å². The van der Waals surface area contributed by atoms with Gasteiger partial charge in [0.05, 0.1) is 0 Å². The molecule has 0 radical (unpaired) electrons. The van der Waals surface area contributed by atoms with Crippen LogP contribution < -0.4 is 0 Å². The summed E-state index contributed by atoms with van der Waals surface area (Å²) in [5.41, 5.74) is 0.990. The second-order valence-electron chi connectivity index (χ2n) is 3.25. The Hall–Kier alpha value is -0.733. The van der Waals surface area contributed by atoms with Gasteiger partial charge in [0.25, 0.3) is 0 Å². The van der Waals surface area contributed by atoms with E-state index in [1.165, 1.54) is 0 Å². The molecule has 0 aliphatic heterocycles. The van der Waals surface area contributed by atoms with Gasteiger partial charge >= 0.3 is 7.63 Å². The molecule has 70 valence electrons. The standard InChI is InChI=1S/C10H13ClOSi/c1-9(12-13(2,3)11)10-7-5-4-6-8-10/h4-8H,1H2,2-3H3. The molecule has 0 saturated carbocycles. The van der Waals surface area contributed by atoms with Crippen LogP contribution in [0, 0.1) is 0 Å². The predicted molar refractivity (Wildman–Crippen MR) is 59.9 cm³/mol. The molecule has 0 fully saturated rings. The molecule has 0 N–H and O–H groups in total. The summed E-state index contributed by atoms with van der Waals surface area (Å²) in [6, 6.07) is 9.78. The Morgan fingerprint density at radius 1 is 1.31 bits per heavy atom. The average Bonchev–Trinajstić information content (AvgIpc) is 2.03. The van der Waals surface area contributed by atoms with Gasteiger partial charge in [-0.2, -0.15) is 0 Å². The Kier molecular flexibility index (Phi) is 3.17. The monoisotopic (exact) mass is 212 g/mol. The van der Waals surface area contributed by atoms with Gasteiger partial charge in [-0.1, -0.05) is 36.9 Å². The van der Waals surface area contributed by atoms with Gasteiger partial charge in [-0.05, 0) is 13.1 Å². The lowest BCUT2D eigenvalue weighted by Crippen LogP contribution is -2.20. The lowest BCUT2D eigenvalue weighted by molar-refractivity contribution is 0.530. The van der Waals surface area contributed by atoms with Crippen LogP contribution in [0.25, 0.3) is 5.76 Å². The smallest absolute Gasteiger partial charge is 0.341 e. The average molecular weight is 213 g/mol. The van der Waals surface area contributed by atoms with E-state index in [0.29, 0.717) is 5.76 Å². The molecule has 1 rings (SSSR count). The van der Waals surface area contributed by atoms with Gasteiger partial charge in [0, 0.05) is 5.56 Å². The van der Waals surface area contributed by atoms with Gasteiger partial charge in [-0.25, -0.2) is 0 Å². The van der Waals surface area contributed by atoms with E-state index in [0.717, 1.165) is 5.56 Å². The zero-order valence-corrected chi connectivity index (χ0v) is 9.64. The third-order valence-electron chi connectivity index (χ3n) is 1.46. The van der Waals surface area contributed by atoms with E-state index >= 15 is 0 Å². The molecule has 0 heterocycles. The molecular formula is C10H13ClOSi. The molecule has 0 amide bonds. The fraction of sp³-hybridized carbons (Fsp3) is 0.200. The highest BCUT2D eigenvalue weighted by Gasteiger charge is 2.21. The summed E-state index contributed by atoms with van der Waals surface area (Å²) in [7, 11) is -2.03. The largest absolute Gasteiger partial charge is 0.530 e. The van der Waals surface area contributed by atoms with Crippen molar-refractivity contribution in [3.05, 3.63) is 42.5 Å². The highest BCUT2D eigenvalue weighted by molar-refractivity contribution is 7.15. The van der Waals surface area contributed by atoms with Gasteiger partial charge < -0.3 is 4.43 Å². The van der Waals surface area contributed by atoms with Crippen molar-refractivity contribution in [1.82, 2.24) is 0 Å². The fourth-order valence-corrected chi connectivity index (χ4v) is 1.96. The third kappa shape index (κ3) is 3.66. The fourth-order valence-electron chi connectivity index (χ4n) is 0.976. The van der Waals surface area contributed by atoms with Crippen LogP contribution in [-0.4, -0.2) is 7.63 Å². The quantitative estimate of drug-likeness (QED) is 0.423. The Bertz CT molecular complexity index is 290. The minimum absolute atomic E-state index is 0.660. The molecular weight excluding hydrogens is 200 g/mol. The van der Waals surface area contributed by atoms with E-state index in [4.69, 9.17) is 15.5 Å². The second-order valence-corrected chi connectivity index (χ2v) is 8.92. The van der Waals surface area contributed by atoms with E-state index < -0.39 is 7.63 Å². The normalized spacial score (nSPS) is 11.0. The SMILES string of the molecule is C=C(O[Si](C)(C)Cl)c1ccccc1. The van der Waals surface area contributed by atoms with E-state index in [2.05, 4.69) is 6.58 Å². The van der Waals surface area contributed by atoms with Gasteiger partial charge in [0.1, 0.15) is 5.76 Å². The number of hydrogen-bond donors (Lipinski definition) is 0. The first-order valence-electron chi connectivity index (χ1n) is 4.11. The van der Waals surface area contributed by atoms with Crippen molar-refractivity contribution in [3.63, 3.8) is 0 Å². The van der Waals surface area contributed by atoms with E-state index in [9.17, 15) is 0 Å². The molecule has 3 heteroatoms. The van der Waals surface area contributed by atoms with Crippen LogP contribution >= 0.6 is 11.1 Å². The lowest BCUT2D eigenvalue weighted by atomic mass is 10.2. The Morgan fingerprint density at radius 3 is 2.31 bits per heavy atom. The first-order valence-corrected chi connectivity index (χ1v) is 8.03. The molecule has 1 nitrogen and oxygen atoms in total. The number of rotatable bonds is 3. The summed E-state index contributed by atoms with van der Waals surface area (Å²) in [4.78, 5) is 0. The lowest BCUT2D eigenvalue weighted by Gasteiger charge is -2.18. The maximum Gasteiger partial charge on any atom is 0.341 e. The molecule has 0 bridgehead atoms. The molecule has 0 atom stereocenters. The zero-order chi connectivity index (χ0) is 9.90. The molecule has 1 aromatic rings. The Morgan fingerprint density at radius 2 is 1.85 bits per heavy atom. The summed E-state index contributed by atoms with van der Waals surface area (Å²) in [6.45, 7) is 7.68. The minimum Gasteiger partial charge on any atom is -0.530 e. The summed E-state index contributed by atoms with van der Waals surface area (Å²) in [6.07, 6.45) is 0. The van der Waals surface area contributed by atoms with Gasteiger partial charge in [0.2, 0.25) is 0 Å². The van der Waals surface area contributed by atoms with E-state index in [1.807, 2.05) is 43.4 Å². The van der Waals surface area contributed by atoms with E-state index in [-0.39, 0.29) is 0 Å². The first-order chi connectivity index (χ1) is 5.99. The molecule has 0 saturated heterocycles. The maximum atomic E-state index is 6.03. The van der Waals surface area contributed by atoms with Gasteiger partial charge in [0.15, 0.2) is 0 Å². The summed E-state index contributed by atoms with van der Waals surface area (Å²) >= 11 is 6.03. The topological polar surface area (TPSA) is 9.23 Å². The van der Waals surface area contributed by atoms with Crippen LogP contribution in [-0.2, 0) is 4.43 Å². The molecule has 0 aliphatic rings. The van der Waals surface area contributed by atoms with Crippen molar-refractivity contribution >= 4 is 24.5 Å². The summed E-state index contributed by atoms with van der Waals surface area (Å²) in [5.74, 6) is 0.660. The number of hydrogen-bond acceptors (Lipinski definition) is 1. The Balaban J connectivity index is 2.71. The van der Waals surface area contributed by atoms with Crippen LogP contribution in [0.15, 0.2) is 36.9 Å². The zero-order valence-electron chi connectivity index (χ0n) is 7.88. The first kappa shape index (κ1) is 10.3. The highest BCUT2D eigenvalue weighted by Crippen LogP contribution is 2.20. The van der Waals surface area contributed by atoms with Crippen LogP contribution in [0.3, 0.4) is 0 Å². The van der Waals surface area contributed by atoms with Crippen molar-refractivity contribution in [2.24, 2.45) is 0 Å². The van der Waals surface area contributed by atoms with Gasteiger partial charge in [-0.15, -0.1) is 11.1 Å². The third-order valence-corrected chi connectivity index (χ3v) is 2.42. The van der Waals surface area contributed by atoms with Crippen molar-refractivity contribution < 1.29 is 4.43 Å². The second kappa shape index (κ2) is 3.98. The number of benzene rings is 1. The Labute approximate surface area is 84.8 Å². The van der Waals surface area contributed by atoms with Crippen LogP contribution in [0.2, 0.25) is 13.1 Å². The molecule has 13 heavy (non-hydrogen) atoms. The van der Waals surface area contributed by atoms with Crippen LogP contribution in [0.4, 0.5) is 0 Å². The molecule has 0 unspecified atom stereocenters. The van der Waals surface area contributed by atoms with Crippen molar-refractivity contribution in [3.8, 4) is 0 Å². The highest BCUT2D eigenvalue weighted by atomic mass is 35.6. The van der Waals surface area contributed by atoms with Crippen molar-refractivity contribution in [2.45, 2.75) is 13.1 Å². The molecule has 0 aliphatic carbocycles.